The fourth-order valence-electron chi connectivity index (χ4n) is 3.40. The lowest BCUT2D eigenvalue weighted by molar-refractivity contribution is -0.145. The summed E-state index contributed by atoms with van der Waals surface area (Å²) in [5.41, 5.74) is 1.01. The number of carbonyl (C=O) groups is 1. The van der Waals surface area contributed by atoms with Crippen LogP contribution in [0.2, 0.25) is 0 Å². The summed E-state index contributed by atoms with van der Waals surface area (Å²) < 4.78 is 5.40. The summed E-state index contributed by atoms with van der Waals surface area (Å²) in [6.45, 7) is 1.89. The van der Waals surface area contributed by atoms with E-state index in [2.05, 4.69) is 48.5 Å². The monoisotopic (exact) mass is 322 g/mol. The predicted octanol–water partition coefficient (Wildman–Crippen LogP) is 5.43. The molecule has 0 fully saturated rings. The van der Waals surface area contributed by atoms with E-state index in [0.717, 1.165) is 10.9 Å². The topological polar surface area (TPSA) is 26.3 Å². The van der Waals surface area contributed by atoms with Crippen molar-refractivity contribution in [2.45, 2.75) is 13.0 Å². The normalized spacial score (nSPS) is 13.0. The molecule has 0 aromatic heterocycles. The van der Waals surface area contributed by atoms with Gasteiger partial charge in [0.15, 0.2) is 0 Å². The lowest BCUT2D eigenvalue weighted by atomic mass is 9.91. The molecule has 2 nitrogen and oxygen atoms in total. The smallest absolute Gasteiger partial charge is 0.321 e. The summed E-state index contributed by atoms with van der Waals surface area (Å²) in [5, 5.41) is 7.27. The van der Waals surface area contributed by atoms with E-state index >= 15 is 0 Å². The van der Waals surface area contributed by atoms with Gasteiger partial charge in [0.05, 0.1) is 0 Å². The fourth-order valence-corrected chi connectivity index (χ4v) is 3.47. The van der Waals surface area contributed by atoms with Gasteiger partial charge in [-0.15, -0.1) is 11.6 Å². The summed E-state index contributed by atoms with van der Waals surface area (Å²) in [5.74, 6) is -0.527. The van der Waals surface area contributed by atoms with Crippen molar-refractivity contribution in [1.82, 2.24) is 0 Å². The molecular weight excluding hydrogens is 308 g/mol. The van der Waals surface area contributed by atoms with Crippen LogP contribution in [0.3, 0.4) is 0 Å². The van der Waals surface area contributed by atoms with Crippen molar-refractivity contribution in [3.8, 4) is 0 Å². The van der Waals surface area contributed by atoms with E-state index in [1.165, 1.54) is 26.9 Å². The first-order valence-corrected chi connectivity index (χ1v) is 8.14. The second-order valence-corrected chi connectivity index (χ2v) is 6.04. The minimum Gasteiger partial charge on any atom is -0.457 e. The van der Waals surface area contributed by atoms with Gasteiger partial charge >= 0.3 is 5.97 Å². The molecule has 4 aromatic rings. The van der Waals surface area contributed by atoms with Crippen LogP contribution in [-0.2, 0) is 9.53 Å². The van der Waals surface area contributed by atoms with Crippen molar-refractivity contribution in [2.24, 2.45) is 0 Å². The summed E-state index contributed by atoms with van der Waals surface area (Å²) in [6, 6.07) is 19.0. The zero-order valence-electron chi connectivity index (χ0n) is 12.7. The van der Waals surface area contributed by atoms with E-state index in [0.29, 0.717) is 0 Å². The second kappa shape index (κ2) is 5.39. The second-order valence-electron chi connectivity index (χ2n) is 5.78. The number of hydrogen-bond donors (Lipinski definition) is 0. The summed E-state index contributed by atoms with van der Waals surface area (Å²) in [7, 11) is 0. The molecule has 0 aliphatic heterocycles. The molecule has 0 bridgehead atoms. The highest BCUT2D eigenvalue weighted by molar-refractivity contribution is 6.26. The Bertz CT molecular complexity index is 1010. The average Bonchev–Trinajstić information content (AvgIpc) is 2.59. The van der Waals surface area contributed by atoms with E-state index in [4.69, 9.17) is 16.3 Å². The van der Waals surface area contributed by atoms with Crippen LogP contribution in [0.4, 0.5) is 0 Å². The van der Waals surface area contributed by atoms with Gasteiger partial charge in [0, 0.05) is 5.56 Å². The van der Waals surface area contributed by atoms with Crippen LogP contribution in [0.5, 0.6) is 0 Å². The molecule has 0 amide bonds. The molecule has 3 heteroatoms. The van der Waals surface area contributed by atoms with Gasteiger partial charge in [-0.2, -0.15) is 0 Å². The van der Waals surface area contributed by atoms with Crippen LogP contribution in [0.25, 0.3) is 32.3 Å². The third-order valence-corrected chi connectivity index (χ3v) is 4.64. The highest BCUT2D eigenvalue weighted by atomic mass is 35.5. The zero-order chi connectivity index (χ0) is 16.0. The van der Waals surface area contributed by atoms with Crippen LogP contribution in [0.15, 0.2) is 54.6 Å². The molecular formula is C20H15ClO2. The molecule has 0 N–H and O–H groups in total. The number of hydrogen-bond acceptors (Lipinski definition) is 2. The third kappa shape index (κ3) is 2.22. The maximum atomic E-state index is 11.5. The number of halogens is 1. The Balaban J connectivity index is 2.01. The zero-order valence-corrected chi connectivity index (χ0v) is 13.4. The third-order valence-electron chi connectivity index (χ3n) is 4.42. The molecule has 0 saturated heterocycles. The maximum Gasteiger partial charge on any atom is 0.321 e. The molecule has 0 saturated carbocycles. The predicted molar refractivity (Wildman–Crippen MR) is 95.4 cm³/mol. The quantitative estimate of drug-likeness (QED) is 0.286. The summed E-state index contributed by atoms with van der Waals surface area (Å²) in [6.07, 6.45) is -0.328. The molecule has 0 heterocycles. The van der Waals surface area contributed by atoms with Gasteiger partial charge in [-0.05, 0) is 39.2 Å². The Labute approximate surface area is 138 Å². The average molecular weight is 323 g/mol. The highest BCUT2D eigenvalue weighted by Gasteiger charge is 2.16. The number of rotatable bonds is 3. The SMILES string of the molecule is C[C@@H](OC(=O)CCl)c1ccc2ccc3cccc4ccc1c2c34. The highest BCUT2D eigenvalue weighted by Crippen LogP contribution is 2.38. The number of alkyl halides is 1. The minimum atomic E-state index is -0.398. The van der Waals surface area contributed by atoms with Crippen molar-refractivity contribution in [3.05, 3.63) is 60.2 Å². The number of benzene rings is 4. The van der Waals surface area contributed by atoms with Gasteiger partial charge in [0.25, 0.3) is 0 Å². The van der Waals surface area contributed by atoms with E-state index in [1.807, 2.05) is 13.0 Å². The van der Waals surface area contributed by atoms with Crippen LogP contribution in [-0.4, -0.2) is 11.8 Å². The van der Waals surface area contributed by atoms with Gasteiger partial charge in [0.1, 0.15) is 12.0 Å². The Kier molecular flexibility index (Phi) is 3.35. The number of ether oxygens (including phenoxy) is 1. The molecule has 4 aromatic carbocycles. The molecule has 114 valence electrons. The molecule has 0 spiro atoms. The van der Waals surface area contributed by atoms with Crippen LogP contribution in [0.1, 0.15) is 18.6 Å². The van der Waals surface area contributed by atoms with E-state index in [9.17, 15) is 4.79 Å². The number of esters is 1. The molecule has 4 rings (SSSR count). The first kappa shape index (κ1) is 14.3. The Morgan fingerprint density at radius 2 is 1.57 bits per heavy atom. The molecule has 1 atom stereocenters. The van der Waals surface area contributed by atoms with Gasteiger partial charge < -0.3 is 4.74 Å². The van der Waals surface area contributed by atoms with Crippen molar-refractivity contribution in [1.29, 1.82) is 0 Å². The Morgan fingerprint density at radius 1 is 0.957 bits per heavy atom. The van der Waals surface area contributed by atoms with Crippen LogP contribution >= 0.6 is 11.6 Å². The Hall–Kier alpha value is -2.32. The lowest BCUT2D eigenvalue weighted by Gasteiger charge is -2.18. The van der Waals surface area contributed by atoms with Crippen molar-refractivity contribution >= 4 is 49.9 Å². The minimum absolute atomic E-state index is 0.129. The fraction of sp³-hybridized carbons (Fsp3) is 0.150. The summed E-state index contributed by atoms with van der Waals surface area (Å²) >= 11 is 5.55. The van der Waals surface area contributed by atoms with Gasteiger partial charge in [-0.25, -0.2) is 0 Å². The van der Waals surface area contributed by atoms with Crippen molar-refractivity contribution in [3.63, 3.8) is 0 Å². The summed E-state index contributed by atoms with van der Waals surface area (Å²) in [4.78, 5) is 11.5. The van der Waals surface area contributed by atoms with E-state index in [-0.39, 0.29) is 12.0 Å². The largest absolute Gasteiger partial charge is 0.457 e. The van der Waals surface area contributed by atoms with Gasteiger partial charge in [-0.3, -0.25) is 4.79 Å². The maximum absolute atomic E-state index is 11.5. The van der Waals surface area contributed by atoms with Crippen LogP contribution in [0, 0.1) is 0 Å². The molecule has 0 aliphatic rings. The van der Waals surface area contributed by atoms with E-state index in [1.54, 1.807) is 0 Å². The Morgan fingerprint density at radius 3 is 2.26 bits per heavy atom. The van der Waals surface area contributed by atoms with Crippen LogP contribution < -0.4 is 0 Å². The van der Waals surface area contributed by atoms with Gasteiger partial charge in [0.2, 0.25) is 0 Å². The van der Waals surface area contributed by atoms with Gasteiger partial charge in [-0.1, -0.05) is 54.6 Å². The first-order valence-electron chi connectivity index (χ1n) is 7.61. The standard InChI is InChI=1S/C20H15ClO2/c1-12(23-18(22)11-21)16-9-7-15-6-5-13-3-2-4-14-8-10-17(16)20(15)19(13)14/h2-10,12H,11H2,1H3/t12-/m1/s1. The molecule has 0 aliphatic carbocycles. The first-order chi connectivity index (χ1) is 11.2. The molecule has 0 unspecified atom stereocenters. The van der Waals surface area contributed by atoms with Crippen molar-refractivity contribution in [2.75, 3.05) is 5.88 Å². The number of carbonyl (C=O) groups excluding carboxylic acids is 1. The van der Waals surface area contributed by atoms with Crippen molar-refractivity contribution < 1.29 is 9.53 Å². The molecule has 23 heavy (non-hydrogen) atoms. The lowest BCUT2D eigenvalue weighted by Crippen LogP contribution is -2.10. The van der Waals surface area contributed by atoms with E-state index < -0.39 is 5.97 Å². The molecule has 0 radical (unpaired) electrons.